The molecule has 0 aromatic carbocycles. The fourth-order valence-corrected chi connectivity index (χ4v) is 5.89. The smallest absolute Gasteiger partial charge is 0.220 e. The van der Waals surface area contributed by atoms with Crippen molar-refractivity contribution < 1.29 is 4.79 Å². The Bertz CT molecular complexity index is 639. The first kappa shape index (κ1) is 39.5. The second-order valence-corrected chi connectivity index (χ2v) is 13.4. The molecule has 0 spiro atoms. The van der Waals surface area contributed by atoms with E-state index in [2.05, 4.69) is 55.4 Å². The number of allylic oxidation sites excluding steroid dienone is 5. The third-order valence-electron chi connectivity index (χ3n) is 8.93. The monoisotopic (exact) mass is 599 g/mol. The quantitative estimate of drug-likeness (QED) is 0.0582. The standard InChI is InChI=1S/C40H74N2O/c1-4-6-8-10-12-14-16-18-20-22-24-26-28-30-32-34-37(3)41-38-36-39(38)42-40(43)35-33-31-29-27-25-23-21-19-17-15-13-11-9-7-5-2/h18-21,38-39,41H,3-17,22-36H2,1-2H3,(H,42,43)/b20-18-,21-19-/t38-,39+/m0/s1. The van der Waals surface area contributed by atoms with E-state index in [4.69, 9.17) is 0 Å². The molecule has 0 aliphatic heterocycles. The minimum atomic E-state index is 0.231. The van der Waals surface area contributed by atoms with Gasteiger partial charge in [-0.15, -0.1) is 0 Å². The van der Waals surface area contributed by atoms with Crippen LogP contribution in [0.3, 0.4) is 0 Å². The minimum absolute atomic E-state index is 0.231. The zero-order valence-corrected chi connectivity index (χ0v) is 29.1. The predicted octanol–water partition coefficient (Wildman–Crippen LogP) is 12.4. The van der Waals surface area contributed by atoms with Crippen LogP contribution in [0.2, 0.25) is 0 Å². The summed E-state index contributed by atoms with van der Waals surface area (Å²) in [6, 6.07) is 0.704. The van der Waals surface area contributed by atoms with Gasteiger partial charge in [-0.2, -0.15) is 0 Å². The molecule has 3 heteroatoms. The topological polar surface area (TPSA) is 41.1 Å². The van der Waals surface area contributed by atoms with Crippen LogP contribution in [0, 0.1) is 0 Å². The highest BCUT2D eigenvalue weighted by atomic mass is 16.1. The third-order valence-corrected chi connectivity index (χ3v) is 8.93. The molecule has 2 atom stereocenters. The van der Waals surface area contributed by atoms with Gasteiger partial charge in [-0.1, -0.05) is 147 Å². The molecule has 2 N–H and O–H groups in total. The molecule has 43 heavy (non-hydrogen) atoms. The summed E-state index contributed by atoms with van der Waals surface area (Å²) >= 11 is 0. The van der Waals surface area contributed by atoms with Gasteiger partial charge in [0.05, 0.1) is 6.04 Å². The van der Waals surface area contributed by atoms with Crippen LogP contribution in [-0.2, 0) is 4.79 Å². The van der Waals surface area contributed by atoms with E-state index >= 15 is 0 Å². The van der Waals surface area contributed by atoms with E-state index in [9.17, 15) is 4.79 Å². The number of unbranched alkanes of at least 4 members (excludes halogenated alkanes) is 22. The van der Waals surface area contributed by atoms with Gasteiger partial charge in [-0.3, -0.25) is 4.79 Å². The van der Waals surface area contributed by atoms with Crippen molar-refractivity contribution in [2.24, 2.45) is 0 Å². The molecule has 0 heterocycles. The van der Waals surface area contributed by atoms with E-state index in [0.717, 1.165) is 25.0 Å². The molecule has 1 aliphatic carbocycles. The summed E-state index contributed by atoms with van der Waals surface area (Å²) in [6.07, 6.45) is 46.5. The summed E-state index contributed by atoms with van der Waals surface area (Å²) in [7, 11) is 0. The van der Waals surface area contributed by atoms with Gasteiger partial charge in [0.15, 0.2) is 0 Å². The average Bonchev–Trinajstić information content (AvgIpc) is 3.73. The van der Waals surface area contributed by atoms with Crippen LogP contribution in [0.1, 0.15) is 200 Å². The fourth-order valence-electron chi connectivity index (χ4n) is 5.89. The lowest BCUT2D eigenvalue weighted by Crippen LogP contribution is -2.31. The molecule has 1 amide bonds. The van der Waals surface area contributed by atoms with Crippen LogP contribution in [0.4, 0.5) is 0 Å². The number of carbonyl (C=O) groups excluding carboxylic acids is 1. The molecule has 1 aliphatic rings. The maximum absolute atomic E-state index is 12.3. The van der Waals surface area contributed by atoms with Crippen molar-refractivity contribution in [3.05, 3.63) is 36.6 Å². The van der Waals surface area contributed by atoms with E-state index in [-0.39, 0.29) is 5.91 Å². The van der Waals surface area contributed by atoms with E-state index < -0.39 is 0 Å². The molecule has 0 unspecified atom stereocenters. The number of amides is 1. The zero-order chi connectivity index (χ0) is 31.1. The van der Waals surface area contributed by atoms with Gasteiger partial charge in [-0.05, 0) is 77.0 Å². The SMILES string of the molecule is C=C(CCCCCCC/C=C\CCCCCCCC)N[C@H]1C[C@H]1NC(=O)CCCCCCC/C=C\CCCCCCCC. The molecule has 0 aromatic rings. The van der Waals surface area contributed by atoms with Gasteiger partial charge in [0, 0.05) is 18.2 Å². The van der Waals surface area contributed by atoms with Crippen molar-refractivity contribution in [1.29, 1.82) is 0 Å². The average molecular weight is 599 g/mol. The molecular formula is C40H74N2O. The number of nitrogens with one attached hydrogen (secondary N) is 2. The van der Waals surface area contributed by atoms with Gasteiger partial charge < -0.3 is 10.6 Å². The highest BCUT2D eigenvalue weighted by molar-refractivity contribution is 5.76. The molecule has 1 rings (SSSR count). The molecule has 1 saturated carbocycles. The fraction of sp³-hybridized carbons (Fsp3) is 0.825. The van der Waals surface area contributed by atoms with Crippen molar-refractivity contribution in [3.63, 3.8) is 0 Å². The van der Waals surface area contributed by atoms with E-state index in [1.54, 1.807) is 0 Å². The first-order chi connectivity index (χ1) is 21.2. The lowest BCUT2D eigenvalue weighted by molar-refractivity contribution is -0.121. The van der Waals surface area contributed by atoms with Crippen molar-refractivity contribution in [2.45, 2.75) is 212 Å². The van der Waals surface area contributed by atoms with Gasteiger partial charge >= 0.3 is 0 Å². The molecule has 0 bridgehead atoms. The van der Waals surface area contributed by atoms with Crippen LogP contribution >= 0.6 is 0 Å². The van der Waals surface area contributed by atoms with Crippen LogP contribution in [0.5, 0.6) is 0 Å². The molecule has 0 radical (unpaired) electrons. The van der Waals surface area contributed by atoms with E-state index in [1.165, 1.54) is 161 Å². The first-order valence-corrected chi connectivity index (χ1v) is 19.2. The second kappa shape index (κ2) is 30.5. The number of hydrogen-bond acceptors (Lipinski definition) is 2. The van der Waals surface area contributed by atoms with Crippen LogP contribution in [-0.4, -0.2) is 18.0 Å². The number of carbonyl (C=O) groups is 1. The largest absolute Gasteiger partial charge is 0.384 e. The normalized spacial score (nSPS) is 16.3. The highest BCUT2D eigenvalue weighted by Crippen LogP contribution is 2.24. The molecule has 0 saturated heterocycles. The zero-order valence-electron chi connectivity index (χ0n) is 29.1. The summed E-state index contributed by atoms with van der Waals surface area (Å²) in [5, 5.41) is 6.78. The van der Waals surface area contributed by atoms with E-state index in [1.807, 2.05) is 0 Å². The van der Waals surface area contributed by atoms with Gasteiger partial charge in [0.1, 0.15) is 0 Å². The van der Waals surface area contributed by atoms with Crippen molar-refractivity contribution in [3.8, 4) is 0 Å². The Labute approximate surface area is 269 Å². The summed E-state index contributed by atoms with van der Waals surface area (Å²) in [4.78, 5) is 12.3. The molecular weight excluding hydrogens is 524 g/mol. The van der Waals surface area contributed by atoms with Gasteiger partial charge in [-0.25, -0.2) is 0 Å². The highest BCUT2D eigenvalue weighted by Gasteiger charge is 2.38. The Morgan fingerprint density at radius 2 is 0.860 bits per heavy atom. The predicted molar refractivity (Wildman–Crippen MR) is 192 cm³/mol. The Morgan fingerprint density at radius 1 is 0.512 bits per heavy atom. The summed E-state index contributed by atoms with van der Waals surface area (Å²) in [5.41, 5.74) is 1.15. The Kier molecular flexibility index (Phi) is 28.0. The lowest BCUT2D eigenvalue weighted by atomic mass is 10.1. The Hall–Kier alpha value is -1.51. The van der Waals surface area contributed by atoms with Crippen LogP contribution in [0.15, 0.2) is 36.6 Å². The number of hydrogen-bond donors (Lipinski definition) is 2. The molecule has 1 fully saturated rings. The summed E-state index contributed by atoms with van der Waals surface area (Å²) in [5.74, 6) is 0.231. The summed E-state index contributed by atoms with van der Waals surface area (Å²) in [6.45, 7) is 8.80. The van der Waals surface area contributed by atoms with Gasteiger partial charge in [0.2, 0.25) is 5.91 Å². The van der Waals surface area contributed by atoms with Crippen molar-refractivity contribution >= 4 is 5.91 Å². The Morgan fingerprint density at radius 3 is 1.30 bits per heavy atom. The second-order valence-electron chi connectivity index (χ2n) is 13.4. The minimum Gasteiger partial charge on any atom is -0.384 e. The molecule has 3 nitrogen and oxygen atoms in total. The van der Waals surface area contributed by atoms with Crippen molar-refractivity contribution in [1.82, 2.24) is 10.6 Å². The first-order valence-electron chi connectivity index (χ1n) is 19.2. The van der Waals surface area contributed by atoms with Crippen LogP contribution < -0.4 is 10.6 Å². The van der Waals surface area contributed by atoms with Crippen LogP contribution in [0.25, 0.3) is 0 Å². The lowest BCUT2D eigenvalue weighted by Gasteiger charge is -2.10. The molecule has 0 aromatic heterocycles. The summed E-state index contributed by atoms with van der Waals surface area (Å²) < 4.78 is 0. The molecule has 250 valence electrons. The van der Waals surface area contributed by atoms with Gasteiger partial charge in [0.25, 0.3) is 0 Å². The maximum atomic E-state index is 12.3. The number of rotatable bonds is 33. The Balaban J connectivity index is 1.83. The van der Waals surface area contributed by atoms with E-state index in [0.29, 0.717) is 18.5 Å². The maximum Gasteiger partial charge on any atom is 0.220 e. The third kappa shape index (κ3) is 27.8. The van der Waals surface area contributed by atoms with Crippen molar-refractivity contribution in [2.75, 3.05) is 0 Å².